The maximum absolute atomic E-state index is 14.1. The molecular formula is C33H42FN5O7. The normalized spacial score (nSPS) is 22.1. The Balaban J connectivity index is 1.32. The van der Waals surface area contributed by atoms with E-state index in [0.717, 1.165) is 11.3 Å². The molecule has 2 aromatic rings. The second-order valence-electron chi connectivity index (χ2n) is 11.9. The fourth-order valence-electron chi connectivity index (χ4n) is 6.27. The van der Waals surface area contributed by atoms with Gasteiger partial charge in [0.2, 0.25) is 17.7 Å². The number of likely N-dealkylation sites (tertiary alicyclic amines) is 1. The third-order valence-corrected chi connectivity index (χ3v) is 8.77. The van der Waals surface area contributed by atoms with Crippen LogP contribution in [0.1, 0.15) is 35.2 Å². The average Bonchev–Trinajstić information content (AvgIpc) is 3.05. The second-order valence-corrected chi connectivity index (χ2v) is 11.9. The Kier molecular flexibility index (Phi) is 11.2. The van der Waals surface area contributed by atoms with Crippen molar-refractivity contribution in [3.05, 3.63) is 65.5 Å². The number of benzene rings is 2. The van der Waals surface area contributed by atoms with Gasteiger partial charge in [-0.3, -0.25) is 24.1 Å². The van der Waals surface area contributed by atoms with Crippen LogP contribution in [0.25, 0.3) is 0 Å². The van der Waals surface area contributed by atoms with Crippen molar-refractivity contribution in [3.63, 3.8) is 0 Å². The van der Waals surface area contributed by atoms with Crippen LogP contribution in [-0.2, 0) is 30.4 Å². The van der Waals surface area contributed by atoms with Crippen LogP contribution >= 0.6 is 0 Å². The van der Waals surface area contributed by atoms with Crippen LogP contribution in [0.15, 0.2) is 48.5 Å². The van der Waals surface area contributed by atoms with E-state index >= 15 is 0 Å². The van der Waals surface area contributed by atoms with E-state index in [1.54, 1.807) is 16.9 Å². The minimum atomic E-state index is -0.941. The van der Waals surface area contributed by atoms with Crippen LogP contribution in [0.5, 0.6) is 5.75 Å². The van der Waals surface area contributed by atoms with Gasteiger partial charge in [0.25, 0.3) is 5.91 Å². The van der Waals surface area contributed by atoms with E-state index in [4.69, 9.17) is 14.2 Å². The van der Waals surface area contributed by atoms with Crippen molar-refractivity contribution in [1.82, 2.24) is 25.3 Å². The van der Waals surface area contributed by atoms with Crippen molar-refractivity contribution in [3.8, 4) is 5.75 Å². The molecule has 12 nitrogen and oxygen atoms in total. The van der Waals surface area contributed by atoms with Crippen LogP contribution in [-0.4, -0.2) is 123 Å². The number of nitrogens with zero attached hydrogens (tertiary/aromatic N) is 3. The number of methoxy groups -OCH3 is 1. The van der Waals surface area contributed by atoms with Crippen molar-refractivity contribution in [1.29, 1.82) is 0 Å². The molecule has 248 valence electrons. The Hall–Kier alpha value is -4.07. The highest BCUT2D eigenvalue weighted by atomic mass is 19.1. The number of ether oxygens (including phenoxy) is 3. The molecule has 5 rings (SSSR count). The van der Waals surface area contributed by atoms with E-state index in [0.29, 0.717) is 44.6 Å². The number of fused-ring (bicyclic) bond motifs is 1. The van der Waals surface area contributed by atoms with Gasteiger partial charge in [0.1, 0.15) is 24.2 Å². The first-order valence-electron chi connectivity index (χ1n) is 15.7. The standard InChI is InChI=1S/C33H42FN5O7/c1-44-27-4-2-3-24(19-27)21-37-14-15-39-28(22-37)31(42)35-11-16-45-17-18-46-23-29(40)36-33(20-30(39)41)9-12-38(13-10-33)32(43)25-5-7-26(34)8-6-25/h2-8,19,28H,9-18,20-23H2,1H3,(H,35,42)(H,36,40)/t28-/m0/s1. The summed E-state index contributed by atoms with van der Waals surface area (Å²) in [5, 5.41) is 5.97. The summed E-state index contributed by atoms with van der Waals surface area (Å²) in [7, 11) is 1.62. The highest BCUT2D eigenvalue weighted by Crippen LogP contribution is 2.29. The number of hydrogen-bond acceptors (Lipinski definition) is 8. The monoisotopic (exact) mass is 639 g/mol. The van der Waals surface area contributed by atoms with Crippen LogP contribution in [0, 0.1) is 5.82 Å². The lowest BCUT2D eigenvalue weighted by Crippen LogP contribution is -2.63. The largest absolute Gasteiger partial charge is 0.497 e. The molecule has 0 unspecified atom stereocenters. The number of amides is 4. The third kappa shape index (κ3) is 8.59. The first-order valence-corrected chi connectivity index (χ1v) is 15.7. The minimum Gasteiger partial charge on any atom is -0.497 e. The van der Waals surface area contributed by atoms with Gasteiger partial charge in [-0.2, -0.15) is 0 Å². The van der Waals surface area contributed by atoms with Crippen LogP contribution < -0.4 is 15.4 Å². The predicted octanol–water partition coefficient (Wildman–Crippen LogP) is 1.19. The van der Waals surface area contributed by atoms with Gasteiger partial charge in [0.15, 0.2) is 0 Å². The van der Waals surface area contributed by atoms with Gasteiger partial charge >= 0.3 is 0 Å². The average molecular weight is 640 g/mol. The molecule has 4 amide bonds. The number of carbonyl (C=O) groups is 4. The van der Waals surface area contributed by atoms with E-state index in [9.17, 15) is 23.6 Å². The number of rotatable bonds is 4. The quantitative estimate of drug-likeness (QED) is 0.511. The lowest BCUT2D eigenvalue weighted by molar-refractivity contribution is -0.146. The summed E-state index contributed by atoms with van der Waals surface area (Å²) >= 11 is 0. The van der Waals surface area contributed by atoms with E-state index in [2.05, 4.69) is 15.5 Å². The first kappa shape index (κ1) is 33.3. The SMILES string of the molecule is COc1cccc(CN2CCN3C(=O)CC4(CCN(C(=O)c5ccc(F)cc5)CC4)NC(=O)COCCOCCNC(=O)[C@@H]3C2)c1. The van der Waals surface area contributed by atoms with Crippen molar-refractivity contribution in [2.45, 2.75) is 37.4 Å². The molecule has 3 heterocycles. The Morgan fingerprint density at radius 3 is 2.52 bits per heavy atom. The molecule has 3 saturated heterocycles. The molecule has 0 radical (unpaired) electrons. The summed E-state index contributed by atoms with van der Waals surface area (Å²) in [6.07, 6.45) is 0.625. The minimum absolute atomic E-state index is 0.0277. The van der Waals surface area contributed by atoms with Gasteiger partial charge in [-0.25, -0.2) is 4.39 Å². The summed E-state index contributed by atoms with van der Waals surface area (Å²) in [6.45, 7) is 3.20. The number of nitrogens with one attached hydrogen (secondary N) is 2. The van der Waals surface area contributed by atoms with E-state index in [-0.39, 0.29) is 76.1 Å². The summed E-state index contributed by atoms with van der Waals surface area (Å²) in [6, 6.07) is 12.4. The maximum Gasteiger partial charge on any atom is 0.253 e. The third-order valence-electron chi connectivity index (χ3n) is 8.77. The maximum atomic E-state index is 14.1. The second kappa shape index (κ2) is 15.5. The molecule has 0 aliphatic carbocycles. The van der Waals surface area contributed by atoms with Crippen LogP contribution in [0.3, 0.4) is 0 Å². The summed E-state index contributed by atoms with van der Waals surface area (Å²) in [4.78, 5) is 59.1. The highest BCUT2D eigenvalue weighted by molar-refractivity contribution is 5.94. The Bertz CT molecular complexity index is 1380. The fourth-order valence-corrected chi connectivity index (χ4v) is 6.27. The van der Waals surface area contributed by atoms with Gasteiger partial charge in [-0.1, -0.05) is 12.1 Å². The molecule has 2 aromatic carbocycles. The zero-order valence-electron chi connectivity index (χ0n) is 26.2. The van der Waals surface area contributed by atoms with Gasteiger partial charge in [0, 0.05) is 51.4 Å². The van der Waals surface area contributed by atoms with E-state index < -0.39 is 17.4 Å². The number of piperidine rings is 1. The molecule has 2 N–H and O–H groups in total. The number of hydrogen-bond donors (Lipinski definition) is 2. The Morgan fingerprint density at radius 2 is 1.76 bits per heavy atom. The molecule has 0 bridgehead atoms. The molecule has 13 heteroatoms. The van der Waals surface area contributed by atoms with Gasteiger partial charge < -0.3 is 34.6 Å². The number of carbonyl (C=O) groups excluding carboxylic acids is 4. The predicted molar refractivity (Wildman–Crippen MR) is 165 cm³/mol. The highest BCUT2D eigenvalue weighted by Gasteiger charge is 2.43. The molecule has 1 atom stereocenters. The van der Waals surface area contributed by atoms with Gasteiger partial charge in [0.05, 0.1) is 38.9 Å². The number of piperazine rings is 1. The molecule has 3 fully saturated rings. The van der Waals surface area contributed by atoms with E-state index in [1.807, 2.05) is 24.3 Å². The van der Waals surface area contributed by atoms with E-state index in [1.165, 1.54) is 24.3 Å². The zero-order chi connectivity index (χ0) is 32.5. The topological polar surface area (TPSA) is 130 Å². The molecule has 0 aromatic heterocycles. The zero-order valence-corrected chi connectivity index (χ0v) is 26.2. The molecule has 46 heavy (non-hydrogen) atoms. The summed E-state index contributed by atoms with van der Waals surface area (Å²) in [5.74, 6) is -0.804. The Morgan fingerprint density at radius 1 is 1.00 bits per heavy atom. The fraction of sp³-hybridized carbons (Fsp3) is 0.515. The van der Waals surface area contributed by atoms with Crippen molar-refractivity contribution in [2.75, 3.05) is 72.8 Å². The van der Waals surface area contributed by atoms with Gasteiger partial charge in [-0.15, -0.1) is 0 Å². The lowest BCUT2D eigenvalue weighted by atomic mass is 9.83. The van der Waals surface area contributed by atoms with Crippen LogP contribution in [0.2, 0.25) is 0 Å². The Labute approximate surface area is 268 Å². The number of halogens is 1. The molecule has 0 saturated carbocycles. The van der Waals surface area contributed by atoms with Gasteiger partial charge in [-0.05, 0) is 54.8 Å². The lowest BCUT2D eigenvalue weighted by Gasteiger charge is -2.45. The smallest absolute Gasteiger partial charge is 0.253 e. The molecule has 1 spiro atoms. The van der Waals surface area contributed by atoms with Crippen molar-refractivity contribution >= 4 is 23.6 Å². The van der Waals surface area contributed by atoms with Crippen molar-refractivity contribution < 1.29 is 37.8 Å². The first-order chi connectivity index (χ1) is 22.2. The molecule has 3 aliphatic heterocycles. The summed E-state index contributed by atoms with van der Waals surface area (Å²) < 4.78 is 29.8. The molecular weight excluding hydrogens is 597 g/mol. The van der Waals surface area contributed by atoms with Crippen LogP contribution in [0.4, 0.5) is 4.39 Å². The molecule has 3 aliphatic rings. The van der Waals surface area contributed by atoms with Crippen molar-refractivity contribution in [2.24, 2.45) is 0 Å². The summed E-state index contributed by atoms with van der Waals surface area (Å²) in [5.41, 5.74) is 0.461.